The lowest BCUT2D eigenvalue weighted by atomic mass is 10.0. The van der Waals surface area contributed by atoms with Crippen molar-refractivity contribution in [3.05, 3.63) is 53.6 Å². The van der Waals surface area contributed by atoms with Gasteiger partial charge in [-0.05, 0) is 24.3 Å². The Balaban J connectivity index is 1.73. The summed E-state index contributed by atoms with van der Waals surface area (Å²) in [5.41, 5.74) is 1.64. The number of para-hydroxylation sites is 1. The summed E-state index contributed by atoms with van der Waals surface area (Å²) >= 11 is 0. The number of carbonyl (C=O) groups is 1. The van der Waals surface area contributed by atoms with Crippen molar-refractivity contribution >= 4 is 6.29 Å². The van der Waals surface area contributed by atoms with Crippen molar-refractivity contribution in [2.45, 2.75) is 5.92 Å². The van der Waals surface area contributed by atoms with Crippen molar-refractivity contribution in [1.82, 2.24) is 0 Å². The Morgan fingerprint density at radius 1 is 1.29 bits per heavy atom. The third kappa shape index (κ3) is 2.70. The Hall–Kier alpha value is -2.49. The highest BCUT2D eigenvalue weighted by Gasteiger charge is 2.24. The van der Waals surface area contributed by atoms with E-state index in [-0.39, 0.29) is 5.92 Å². The van der Waals surface area contributed by atoms with Crippen LogP contribution in [0.4, 0.5) is 0 Å². The minimum atomic E-state index is 0.183. The van der Waals surface area contributed by atoms with Gasteiger partial charge in [-0.25, -0.2) is 0 Å². The number of aldehydes is 1. The van der Waals surface area contributed by atoms with Crippen molar-refractivity contribution in [2.75, 3.05) is 20.3 Å². The summed E-state index contributed by atoms with van der Waals surface area (Å²) in [7, 11) is 1.57. The lowest BCUT2D eigenvalue weighted by molar-refractivity contribution is 0.111. The number of fused-ring (bicyclic) bond motifs is 1. The summed E-state index contributed by atoms with van der Waals surface area (Å²) in [5, 5.41) is 0. The second-order valence-corrected chi connectivity index (χ2v) is 4.88. The maximum Gasteiger partial charge on any atom is 0.153 e. The van der Waals surface area contributed by atoms with E-state index < -0.39 is 0 Å². The zero-order chi connectivity index (χ0) is 14.7. The predicted octanol–water partition coefficient (Wildman–Crippen LogP) is 3.06. The number of methoxy groups -OCH3 is 1. The van der Waals surface area contributed by atoms with Gasteiger partial charge < -0.3 is 14.2 Å². The molecule has 4 heteroatoms. The molecule has 0 fully saturated rings. The Bertz CT molecular complexity index is 651. The quantitative estimate of drug-likeness (QED) is 0.792. The highest BCUT2D eigenvalue weighted by molar-refractivity contribution is 5.80. The topological polar surface area (TPSA) is 44.8 Å². The van der Waals surface area contributed by atoms with E-state index >= 15 is 0 Å². The Labute approximate surface area is 123 Å². The van der Waals surface area contributed by atoms with Gasteiger partial charge in [0.15, 0.2) is 6.29 Å². The highest BCUT2D eigenvalue weighted by Crippen LogP contribution is 2.34. The van der Waals surface area contributed by atoms with E-state index in [4.69, 9.17) is 14.2 Å². The molecule has 1 atom stereocenters. The highest BCUT2D eigenvalue weighted by atomic mass is 16.5. The smallest absolute Gasteiger partial charge is 0.153 e. The number of benzene rings is 2. The van der Waals surface area contributed by atoms with Crippen molar-refractivity contribution in [1.29, 1.82) is 0 Å². The first-order valence-corrected chi connectivity index (χ1v) is 6.79. The summed E-state index contributed by atoms with van der Waals surface area (Å²) in [6.45, 7) is 1.08. The van der Waals surface area contributed by atoms with Crippen LogP contribution in [0.1, 0.15) is 21.8 Å². The van der Waals surface area contributed by atoms with Gasteiger partial charge in [0, 0.05) is 5.56 Å². The minimum absolute atomic E-state index is 0.183. The fourth-order valence-corrected chi connectivity index (χ4v) is 2.43. The lowest BCUT2D eigenvalue weighted by Gasteiger charge is -2.13. The summed E-state index contributed by atoms with van der Waals surface area (Å²) < 4.78 is 16.5. The molecule has 0 N–H and O–H groups in total. The van der Waals surface area contributed by atoms with Gasteiger partial charge in [-0.1, -0.05) is 18.2 Å². The first kappa shape index (κ1) is 13.5. The lowest BCUT2D eigenvalue weighted by Crippen LogP contribution is -2.12. The predicted molar refractivity (Wildman–Crippen MR) is 78.6 cm³/mol. The molecule has 1 heterocycles. The third-order valence-corrected chi connectivity index (χ3v) is 3.58. The second kappa shape index (κ2) is 5.87. The molecule has 21 heavy (non-hydrogen) atoms. The Kier molecular flexibility index (Phi) is 3.77. The van der Waals surface area contributed by atoms with Gasteiger partial charge in [-0.3, -0.25) is 4.79 Å². The van der Waals surface area contributed by atoms with Crippen molar-refractivity contribution in [2.24, 2.45) is 0 Å². The van der Waals surface area contributed by atoms with Gasteiger partial charge >= 0.3 is 0 Å². The first-order valence-electron chi connectivity index (χ1n) is 6.79. The molecule has 0 saturated carbocycles. The molecule has 1 unspecified atom stereocenters. The van der Waals surface area contributed by atoms with Crippen LogP contribution in [0.15, 0.2) is 42.5 Å². The van der Waals surface area contributed by atoms with Crippen molar-refractivity contribution in [3.8, 4) is 17.2 Å². The summed E-state index contributed by atoms with van der Waals surface area (Å²) in [6.07, 6.45) is 0.775. The van der Waals surface area contributed by atoms with E-state index in [1.54, 1.807) is 25.3 Å². The molecule has 108 valence electrons. The van der Waals surface area contributed by atoms with E-state index in [0.717, 1.165) is 17.6 Å². The van der Waals surface area contributed by atoms with Crippen LogP contribution in [-0.2, 0) is 0 Å². The maximum absolute atomic E-state index is 11.1. The van der Waals surface area contributed by atoms with Crippen LogP contribution >= 0.6 is 0 Å². The third-order valence-electron chi connectivity index (χ3n) is 3.58. The van der Waals surface area contributed by atoms with Crippen LogP contribution in [0.5, 0.6) is 17.2 Å². The number of ether oxygens (including phenoxy) is 3. The number of rotatable bonds is 5. The fraction of sp³-hybridized carbons (Fsp3) is 0.235. The van der Waals surface area contributed by atoms with E-state index in [9.17, 15) is 4.79 Å². The number of carbonyl (C=O) groups excluding carboxylic acids is 1. The van der Waals surface area contributed by atoms with E-state index in [1.165, 1.54) is 0 Å². The fourth-order valence-electron chi connectivity index (χ4n) is 2.43. The standard InChI is InChI=1S/C17H16O4/c1-19-14-6-7-16(12(8-14)9-18)20-10-13-11-21-17-5-3-2-4-15(13)17/h2-9,13H,10-11H2,1H3. The minimum Gasteiger partial charge on any atom is -0.497 e. The zero-order valence-electron chi connectivity index (χ0n) is 11.7. The van der Waals surface area contributed by atoms with Gasteiger partial charge in [0.25, 0.3) is 0 Å². The Morgan fingerprint density at radius 2 is 2.14 bits per heavy atom. The second-order valence-electron chi connectivity index (χ2n) is 4.88. The average Bonchev–Trinajstić information content (AvgIpc) is 2.96. The van der Waals surface area contributed by atoms with Gasteiger partial charge in [0.1, 0.15) is 17.2 Å². The maximum atomic E-state index is 11.1. The average molecular weight is 284 g/mol. The van der Waals surface area contributed by atoms with Crippen LogP contribution in [0, 0.1) is 0 Å². The van der Waals surface area contributed by atoms with Crippen molar-refractivity contribution < 1.29 is 19.0 Å². The largest absolute Gasteiger partial charge is 0.497 e. The van der Waals surface area contributed by atoms with Crippen LogP contribution in [0.3, 0.4) is 0 Å². The molecule has 0 bridgehead atoms. The molecule has 0 aromatic heterocycles. The number of hydrogen-bond acceptors (Lipinski definition) is 4. The molecule has 1 aliphatic rings. The molecule has 1 aliphatic heterocycles. The molecule has 0 amide bonds. The monoisotopic (exact) mass is 284 g/mol. The molecular weight excluding hydrogens is 268 g/mol. The Morgan fingerprint density at radius 3 is 2.95 bits per heavy atom. The molecule has 0 spiro atoms. The van der Waals surface area contributed by atoms with E-state index in [1.807, 2.05) is 24.3 Å². The molecule has 0 aliphatic carbocycles. The molecule has 2 aromatic rings. The van der Waals surface area contributed by atoms with Crippen LogP contribution in [0.25, 0.3) is 0 Å². The molecule has 0 saturated heterocycles. The van der Waals surface area contributed by atoms with Crippen molar-refractivity contribution in [3.63, 3.8) is 0 Å². The van der Waals surface area contributed by atoms with Crippen LogP contribution in [0.2, 0.25) is 0 Å². The SMILES string of the molecule is COc1ccc(OCC2COc3ccccc32)c(C=O)c1. The summed E-state index contributed by atoms with van der Waals surface area (Å²) in [6, 6.07) is 13.2. The zero-order valence-corrected chi connectivity index (χ0v) is 11.7. The summed E-state index contributed by atoms with van der Waals surface area (Å²) in [4.78, 5) is 11.1. The van der Waals surface area contributed by atoms with E-state index in [2.05, 4.69) is 0 Å². The van der Waals surface area contributed by atoms with Gasteiger partial charge in [-0.2, -0.15) is 0 Å². The van der Waals surface area contributed by atoms with E-state index in [0.29, 0.717) is 30.3 Å². The van der Waals surface area contributed by atoms with Crippen LogP contribution < -0.4 is 14.2 Å². The molecule has 0 radical (unpaired) electrons. The molecule has 3 rings (SSSR count). The van der Waals surface area contributed by atoms with Gasteiger partial charge in [0.2, 0.25) is 0 Å². The molecule has 2 aromatic carbocycles. The molecule has 4 nitrogen and oxygen atoms in total. The normalized spacial score (nSPS) is 16.0. The summed E-state index contributed by atoms with van der Waals surface area (Å²) in [5.74, 6) is 2.30. The van der Waals surface area contributed by atoms with Crippen LogP contribution in [-0.4, -0.2) is 26.6 Å². The number of hydrogen-bond donors (Lipinski definition) is 0. The van der Waals surface area contributed by atoms with Gasteiger partial charge in [0.05, 0.1) is 31.8 Å². The van der Waals surface area contributed by atoms with Gasteiger partial charge in [-0.15, -0.1) is 0 Å². The molecular formula is C17H16O4. The first-order chi connectivity index (χ1) is 10.3.